The van der Waals surface area contributed by atoms with Crippen LogP contribution in [0.5, 0.6) is 0 Å². The number of aliphatic hydroxyl groups excluding tert-OH is 2. The summed E-state index contributed by atoms with van der Waals surface area (Å²) in [5.41, 5.74) is 0. The second-order valence-electron chi connectivity index (χ2n) is 6.81. The largest absolute Gasteiger partial charge is 0.396 e. The van der Waals surface area contributed by atoms with E-state index in [2.05, 4.69) is 32.6 Å². The minimum Gasteiger partial charge on any atom is -0.396 e. The van der Waals surface area contributed by atoms with Crippen LogP contribution < -0.4 is 0 Å². The van der Waals surface area contributed by atoms with E-state index in [-0.39, 0.29) is 12.7 Å². The van der Waals surface area contributed by atoms with Gasteiger partial charge in [0.25, 0.3) is 0 Å². The van der Waals surface area contributed by atoms with Crippen molar-refractivity contribution in [2.24, 2.45) is 17.8 Å². The molecule has 0 aromatic rings. The molecule has 0 spiro atoms. The topological polar surface area (TPSA) is 43.7 Å². The van der Waals surface area contributed by atoms with Crippen LogP contribution in [0, 0.1) is 17.8 Å². The van der Waals surface area contributed by atoms with Gasteiger partial charge in [-0.15, -0.1) is 0 Å². The predicted octanol–water partition coefficient (Wildman–Crippen LogP) is 2.51. The third kappa shape index (κ3) is 5.41. The van der Waals surface area contributed by atoms with E-state index >= 15 is 0 Å². The van der Waals surface area contributed by atoms with Crippen LogP contribution in [-0.2, 0) is 0 Å². The van der Waals surface area contributed by atoms with Crippen molar-refractivity contribution in [1.82, 2.24) is 4.90 Å². The quantitative estimate of drug-likeness (QED) is 0.748. The first-order valence-corrected chi connectivity index (χ1v) is 7.98. The molecule has 3 atom stereocenters. The Labute approximate surface area is 119 Å². The zero-order valence-electron chi connectivity index (χ0n) is 13.2. The van der Waals surface area contributed by atoms with Crippen molar-refractivity contribution in [3.05, 3.63) is 0 Å². The fourth-order valence-electron chi connectivity index (χ4n) is 3.22. The summed E-state index contributed by atoms with van der Waals surface area (Å²) in [5.74, 6) is 1.89. The highest BCUT2D eigenvalue weighted by atomic mass is 16.3. The molecule has 114 valence electrons. The Morgan fingerprint density at radius 1 is 1.16 bits per heavy atom. The van der Waals surface area contributed by atoms with Crippen molar-refractivity contribution < 1.29 is 10.2 Å². The Bertz CT molecular complexity index is 243. The molecule has 0 aromatic heterocycles. The molecule has 1 aliphatic carbocycles. The van der Waals surface area contributed by atoms with Crippen LogP contribution in [0.25, 0.3) is 0 Å². The van der Waals surface area contributed by atoms with Gasteiger partial charge in [-0.3, -0.25) is 0 Å². The van der Waals surface area contributed by atoms with Crippen LogP contribution in [0.2, 0.25) is 0 Å². The fourth-order valence-corrected chi connectivity index (χ4v) is 3.22. The van der Waals surface area contributed by atoms with E-state index in [1.807, 2.05) is 0 Å². The molecule has 0 bridgehead atoms. The SMILES string of the molecule is CC(C)C1CCC(O)C(CN(CCCO)C(C)C)C1. The summed E-state index contributed by atoms with van der Waals surface area (Å²) in [5, 5.41) is 19.2. The van der Waals surface area contributed by atoms with Gasteiger partial charge in [-0.2, -0.15) is 0 Å². The van der Waals surface area contributed by atoms with E-state index in [1.165, 1.54) is 6.42 Å². The van der Waals surface area contributed by atoms with Crippen molar-refractivity contribution >= 4 is 0 Å². The summed E-state index contributed by atoms with van der Waals surface area (Å²) in [7, 11) is 0. The average molecular weight is 271 g/mol. The van der Waals surface area contributed by atoms with Gasteiger partial charge in [-0.05, 0) is 57.3 Å². The minimum absolute atomic E-state index is 0.134. The maximum Gasteiger partial charge on any atom is 0.0580 e. The summed E-state index contributed by atoms with van der Waals surface area (Å²) in [6, 6.07) is 0.484. The molecule has 19 heavy (non-hydrogen) atoms. The Morgan fingerprint density at radius 2 is 1.84 bits per heavy atom. The molecular formula is C16H33NO2. The molecule has 0 aliphatic heterocycles. The summed E-state index contributed by atoms with van der Waals surface area (Å²) in [6.45, 7) is 11.2. The average Bonchev–Trinajstić information content (AvgIpc) is 2.35. The molecule has 1 fully saturated rings. The zero-order valence-corrected chi connectivity index (χ0v) is 13.2. The van der Waals surface area contributed by atoms with E-state index in [0.717, 1.165) is 44.2 Å². The molecule has 3 heteroatoms. The normalized spacial score (nSPS) is 28.6. The van der Waals surface area contributed by atoms with Crippen molar-refractivity contribution in [2.45, 2.75) is 65.5 Å². The number of aliphatic hydroxyl groups is 2. The standard InChI is InChI=1S/C16H33NO2/c1-12(2)14-6-7-16(19)15(10-14)11-17(13(3)4)8-5-9-18/h12-16,18-19H,5-11H2,1-4H3. The van der Waals surface area contributed by atoms with Crippen LogP contribution in [0.4, 0.5) is 0 Å². The summed E-state index contributed by atoms with van der Waals surface area (Å²) >= 11 is 0. The molecule has 1 aliphatic rings. The molecule has 1 rings (SSSR count). The molecule has 0 radical (unpaired) electrons. The lowest BCUT2D eigenvalue weighted by molar-refractivity contribution is 0.0123. The lowest BCUT2D eigenvalue weighted by Gasteiger charge is -2.39. The second-order valence-corrected chi connectivity index (χ2v) is 6.81. The maximum atomic E-state index is 10.2. The third-order valence-electron chi connectivity index (χ3n) is 4.73. The smallest absolute Gasteiger partial charge is 0.0580 e. The van der Waals surface area contributed by atoms with Crippen LogP contribution in [0.15, 0.2) is 0 Å². The molecule has 2 N–H and O–H groups in total. The van der Waals surface area contributed by atoms with E-state index in [4.69, 9.17) is 5.11 Å². The third-order valence-corrected chi connectivity index (χ3v) is 4.73. The van der Waals surface area contributed by atoms with Gasteiger partial charge in [0.05, 0.1) is 6.10 Å². The van der Waals surface area contributed by atoms with Gasteiger partial charge >= 0.3 is 0 Å². The second kappa shape index (κ2) is 8.23. The molecule has 0 heterocycles. The van der Waals surface area contributed by atoms with Gasteiger partial charge in [-0.25, -0.2) is 0 Å². The molecule has 0 saturated heterocycles. The molecule has 0 aromatic carbocycles. The van der Waals surface area contributed by atoms with Crippen molar-refractivity contribution in [2.75, 3.05) is 19.7 Å². The lowest BCUT2D eigenvalue weighted by atomic mass is 9.74. The Hall–Kier alpha value is -0.120. The zero-order chi connectivity index (χ0) is 14.4. The van der Waals surface area contributed by atoms with Gasteiger partial charge in [0.15, 0.2) is 0 Å². The van der Waals surface area contributed by atoms with E-state index in [1.54, 1.807) is 0 Å². The first kappa shape index (κ1) is 16.9. The van der Waals surface area contributed by atoms with Gasteiger partial charge in [0.2, 0.25) is 0 Å². The highest BCUT2D eigenvalue weighted by Crippen LogP contribution is 2.34. The Kier molecular flexibility index (Phi) is 7.33. The molecule has 0 amide bonds. The highest BCUT2D eigenvalue weighted by molar-refractivity contribution is 4.84. The van der Waals surface area contributed by atoms with E-state index in [9.17, 15) is 5.11 Å². The fraction of sp³-hybridized carbons (Fsp3) is 1.00. The molecule has 3 nitrogen and oxygen atoms in total. The number of rotatable bonds is 7. The highest BCUT2D eigenvalue weighted by Gasteiger charge is 2.32. The summed E-state index contributed by atoms with van der Waals surface area (Å²) < 4.78 is 0. The van der Waals surface area contributed by atoms with Gasteiger partial charge in [-0.1, -0.05) is 13.8 Å². The van der Waals surface area contributed by atoms with Crippen molar-refractivity contribution in [3.63, 3.8) is 0 Å². The molecule has 1 saturated carbocycles. The van der Waals surface area contributed by atoms with Gasteiger partial charge < -0.3 is 15.1 Å². The molecular weight excluding hydrogens is 238 g/mol. The monoisotopic (exact) mass is 271 g/mol. The minimum atomic E-state index is -0.134. The number of nitrogens with zero attached hydrogens (tertiary/aromatic N) is 1. The van der Waals surface area contributed by atoms with Crippen LogP contribution in [0.1, 0.15) is 53.4 Å². The van der Waals surface area contributed by atoms with Crippen LogP contribution >= 0.6 is 0 Å². The predicted molar refractivity (Wildman–Crippen MR) is 80.1 cm³/mol. The maximum absolute atomic E-state index is 10.2. The van der Waals surface area contributed by atoms with Crippen molar-refractivity contribution in [3.8, 4) is 0 Å². The summed E-state index contributed by atoms with van der Waals surface area (Å²) in [6.07, 6.45) is 3.98. The molecule has 3 unspecified atom stereocenters. The van der Waals surface area contributed by atoms with E-state index in [0.29, 0.717) is 12.0 Å². The van der Waals surface area contributed by atoms with Crippen molar-refractivity contribution in [1.29, 1.82) is 0 Å². The lowest BCUT2D eigenvalue weighted by Crippen LogP contribution is -2.43. The summed E-state index contributed by atoms with van der Waals surface area (Å²) in [4.78, 5) is 2.41. The first-order chi connectivity index (χ1) is 8.95. The first-order valence-electron chi connectivity index (χ1n) is 7.98. The number of hydrogen-bond acceptors (Lipinski definition) is 3. The van der Waals surface area contributed by atoms with Crippen LogP contribution in [-0.4, -0.2) is 47.0 Å². The van der Waals surface area contributed by atoms with Gasteiger partial charge in [0, 0.05) is 25.7 Å². The Morgan fingerprint density at radius 3 is 2.37 bits per heavy atom. The van der Waals surface area contributed by atoms with Crippen LogP contribution in [0.3, 0.4) is 0 Å². The van der Waals surface area contributed by atoms with Gasteiger partial charge in [0.1, 0.15) is 0 Å². The van der Waals surface area contributed by atoms with E-state index < -0.39 is 0 Å². The number of hydrogen-bond donors (Lipinski definition) is 2. The Balaban J connectivity index is 2.54.